The van der Waals surface area contributed by atoms with Crippen molar-refractivity contribution in [3.8, 4) is 0 Å². The molecular formula is C17H20N2O4. The average Bonchev–Trinajstić information content (AvgIpc) is 2.90. The zero-order valence-corrected chi connectivity index (χ0v) is 12.9. The minimum absolute atomic E-state index is 0.0277. The van der Waals surface area contributed by atoms with Gasteiger partial charge in [-0.2, -0.15) is 0 Å². The highest BCUT2D eigenvalue weighted by Gasteiger charge is 2.27. The molecule has 0 radical (unpaired) electrons. The molecule has 1 saturated carbocycles. The fourth-order valence-corrected chi connectivity index (χ4v) is 2.74. The fourth-order valence-electron chi connectivity index (χ4n) is 2.74. The molecule has 1 aliphatic heterocycles. The third-order valence-corrected chi connectivity index (χ3v) is 4.32. The van der Waals surface area contributed by atoms with Gasteiger partial charge in [0.2, 0.25) is 5.91 Å². The minimum Gasteiger partial charge on any atom is -0.455 e. The molecule has 6 heteroatoms. The van der Waals surface area contributed by atoms with Crippen LogP contribution in [0, 0.1) is 5.92 Å². The van der Waals surface area contributed by atoms with Crippen LogP contribution in [0.5, 0.6) is 0 Å². The van der Waals surface area contributed by atoms with Crippen LogP contribution in [0.1, 0.15) is 32.1 Å². The number of hydrogen-bond acceptors (Lipinski definition) is 4. The molecule has 1 aromatic carbocycles. The third-order valence-electron chi connectivity index (χ3n) is 4.32. The molecule has 2 aliphatic rings. The van der Waals surface area contributed by atoms with Crippen molar-refractivity contribution in [2.45, 2.75) is 32.1 Å². The monoisotopic (exact) mass is 316 g/mol. The molecule has 1 saturated heterocycles. The first-order valence-corrected chi connectivity index (χ1v) is 8.00. The van der Waals surface area contributed by atoms with Gasteiger partial charge in [0, 0.05) is 24.3 Å². The van der Waals surface area contributed by atoms with E-state index >= 15 is 0 Å². The molecule has 1 aliphatic carbocycles. The van der Waals surface area contributed by atoms with Gasteiger partial charge in [-0.05, 0) is 43.5 Å². The van der Waals surface area contributed by atoms with Gasteiger partial charge in [-0.15, -0.1) is 0 Å². The molecule has 0 bridgehead atoms. The molecule has 0 atom stereocenters. The van der Waals surface area contributed by atoms with Gasteiger partial charge in [0.15, 0.2) is 6.61 Å². The number of anilines is 2. The second-order valence-corrected chi connectivity index (χ2v) is 5.98. The smallest absolute Gasteiger partial charge is 0.309 e. The lowest BCUT2D eigenvalue weighted by Gasteiger charge is -2.22. The molecule has 1 N–H and O–H groups in total. The summed E-state index contributed by atoms with van der Waals surface area (Å²) in [5.74, 6) is -0.540. The van der Waals surface area contributed by atoms with E-state index < -0.39 is 0 Å². The Balaban J connectivity index is 1.48. The largest absolute Gasteiger partial charge is 0.455 e. The molecule has 0 spiro atoms. The van der Waals surface area contributed by atoms with Crippen molar-refractivity contribution in [1.82, 2.24) is 0 Å². The minimum atomic E-state index is -0.359. The van der Waals surface area contributed by atoms with E-state index in [4.69, 9.17) is 4.74 Å². The Morgan fingerprint density at radius 2 is 1.91 bits per heavy atom. The quantitative estimate of drug-likeness (QED) is 0.844. The summed E-state index contributed by atoms with van der Waals surface area (Å²) in [6.45, 7) is 0.476. The average molecular weight is 316 g/mol. The van der Waals surface area contributed by atoms with E-state index in [0.717, 1.165) is 37.9 Å². The summed E-state index contributed by atoms with van der Waals surface area (Å²) in [6.07, 6.45) is 4.24. The maximum absolute atomic E-state index is 11.8. The van der Waals surface area contributed by atoms with E-state index in [-0.39, 0.29) is 30.3 Å². The van der Waals surface area contributed by atoms with Crippen molar-refractivity contribution >= 4 is 29.2 Å². The summed E-state index contributed by atoms with van der Waals surface area (Å²) < 4.78 is 5.00. The standard InChI is InChI=1S/C17H20N2O4/c20-15(11-23-17(22)12-3-1-4-12)18-13-6-8-14(9-7-13)19-10-2-5-16(19)21/h6-9,12H,1-5,10-11H2,(H,18,20). The molecule has 2 amide bonds. The molecule has 3 rings (SSSR count). The van der Waals surface area contributed by atoms with Crippen LogP contribution < -0.4 is 10.2 Å². The summed E-state index contributed by atoms with van der Waals surface area (Å²) >= 11 is 0. The number of rotatable bonds is 5. The third kappa shape index (κ3) is 3.70. The van der Waals surface area contributed by atoms with E-state index in [1.54, 1.807) is 29.2 Å². The molecule has 1 aromatic rings. The Bertz CT molecular complexity index is 608. The van der Waals surface area contributed by atoms with Crippen LogP contribution in [0.15, 0.2) is 24.3 Å². The van der Waals surface area contributed by atoms with Crippen LogP contribution in [0.25, 0.3) is 0 Å². The van der Waals surface area contributed by atoms with Gasteiger partial charge in [-0.25, -0.2) is 0 Å². The SMILES string of the molecule is O=C(COC(=O)C1CCC1)Nc1ccc(N2CCCC2=O)cc1. The summed E-state index contributed by atoms with van der Waals surface area (Å²) in [4.78, 5) is 36.8. The highest BCUT2D eigenvalue weighted by Crippen LogP contribution is 2.27. The Morgan fingerprint density at radius 3 is 2.48 bits per heavy atom. The number of hydrogen-bond donors (Lipinski definition) is 1. The molecule has 2 fully saturated rings. The van der Waals surface area contributed by atoms with Gasteiger partial charge < -0.3 is 15.0 Å². The molecule has 6 nitrogen and oxygen atoms in total. The van der Waals surface area contributed by atoms with Crippen molar-refractivity contribution in [1.29, 1.82) is 0 Å². The maximum atomic E-state index is 11.8. The first kappa shape index (κ1) is 15.5. The van der Waals surface area contributed by atoms with E-state index in [0.29, 0.717) is 12.1 Å². The lowest BCUT2D eigenvalue weighted by molar-refractivity contribution is -0.154. The zero-order valence-electron chi connectivity index (χ0n) is 12.9. The van der Waals surface area contributed by atoms with Crippen LogP contribution in [-0.4, -0.2) is 30.9 Å². The highest BCUT2D eigenvalue weighted by molar-refractivity contribution is 5.96. The van der Waals surface area contributed by atoms with Crippen molar-refractivity contribution < 1.29 is 19.1 Å². The zero-order chi connectivity index (χ0) is 16.2. The predicted octanol–water partition coefficient (Wildman–Crippen LogP) is 2.10. The Hall–Kier alpha value is -2.37. The predicted molar refractivity (Wildman–Crippen MR) is 85.0 cm³/mol. The number of benzene rings is 1. The second-order valence-electron chi connectivity index (χ2n) is 5.98. The first-order chi connectivity index (χ1) is 11.1. The number of amides is 2. The fraction of sp³-hybridized carbons (Fsp3) is 0.471. The second kappa shape index (κ2) is 6.81. The van der Waals surface area contributed by atoms with Crippen molar-refractivity contribution in [3.63, 3.8) is 0 Å². The van der Waals surface area contributed by atoms with Crippen LogP contribution in [0.2, 0.25) is 0 Å². The molecule has 0 unspecified atom stereocenters. The van der Waals surface area contributed by atoms with Crippen molar-refractivity contribution in [3.05, 3.63) is 24.3 Å². The normalized spacial score (nSPS) is 17.7. The molecule has 23 heavy (non-hydrogen) atoms. The lowest BCUT2D eigenvalue weighted by atomic mass is 9.86. The summed E-state index contributed by atoms with van der Waals surface area (Å²) in [5, 5.41) is 2.68. The lowest BCUT2D eigenvalue weighted by Crippen LogP contribution is -2.28. The number of carbonyl (C=O) groups is 3. The summed E-state index contributed by atoms with van der Waals surface area (Å²) in [6, 6.07) is 7.09. The number of esters is 1. The number of nitrogens with one attached hydrogen (secondary N) is 1. The van der Waals surface area contributed by atoms with Gasteiger partial charge in [-0.3, -0.25) is 14.4 Å². The summed E-state index contributed by atoms with van der Waals surface area (Å²) in [5.41, 5.74) is 1.45. The number of nitrogens with zero attached hydrogens (tertiary/aromatic N) is 1. The number of carbonyl (C=O) groups excluding carboxylic acids is 3. The molecule has 0 aromatic heterocycles. The molecular weight excluding hydrogens is 296 g/mol. The Labute approximate surface area is 134 Å². The molecule has 122 valence electrons. The van der Waals surface area contributed by atoms with Crippen LogP contribution in [0.3, 0.4) is 0 Å². The van der Waals surface area contributed by atoms with Gasteiger partial charge in [0.05, 0.1) is 5.92 Å². The number of ether oxygens (including phenoxy) is 1. The van der Waals surface area contributed by atoms with E-state index in [9.17, 15) is 14.4 Å². The van der Waals surface area contributed by atoms with Gasteiger partial charge in [-0.1, -0.05) is 6.42 Å². The Morgan fingerprint density at radius 1 is 1.17 bits per heavy atom. The summed E-state index contributed by atoms with van der Waals surface area (Å²) in [7, 11) is 0. The first-order valence-electron chi connectivity index (χ1n) is 8.00. The van der Waals surface area contributed by atoms with Crippen LogP contribution >= 0.6 is 0 Å². The Kier molecular flexibility index (Phi) is 4.60. The van der Waals surface area contributed by atoms with Gasteiger partial charge in [0.1, 0.15) is 0 Å². The van der Waals surface area contributed by atoms with Gasteiger partial charge in [0.25, 0.3) is 5.91 Å². The van der Waals surface area contributed by atoms with Gasteiger partial charge >= 0.3 is 5.97 Å². The van der Waals surface area contributed by atoms with Crippen LogP contribution in [0.4, 0.5) is 11.4 Å². The van der Waals surface area contributed by atoms with Crippen molar-refractivity contribution in [2.24, 2.45) is 5.92 Å². The van der Waals surface area contributed by atoms with Crippen molar-refractivity contribution in [2.75, 3.05) is 23.4 Å². The topological polar surface area (TPSA) is 75.7 Å². The maximum Gasteiger partial charge on any atom is 0.309 e. The van der Waals surface area contributed by atoms with Crippen LogP contribution in [-0.2, 0) is 19.1 Å². The van der Waals surface area contributed by atoms with E-state index in [2.05, 4.69) is 5.32 Å². The van der Waals surface area contributed by atoms with E-state index in [1.165, 1.54) is 0 Å². The van der Waals surface area contributed by atoms with E-state index in [1.807, 2.05) is 0 Å². The molecule has 1 heterocycles. The highest BCUT2D eigenvalue weighted by atomic mass is 16.5.